The summed E-state index contributed by atoms with van der Waals surface area (Å²) in [4.78, 5) is 10.7. The standard InChI is InChI=1S/C6H11F2NO3S.C2H6.CH4O/c1-5(2,3)12-4(10)6(7,8)9-13-11;2*1-2/h9,11H,1-3H3;1-2H3;2H,1H3. The van der Waals surface area contributed by atoms with Crippen LogP contribution in [0.5, 0.6) is 0 Å². The molecule has 106 valence electrons. The van der Waals surface area contributed by atoms with E-state index in [9.17, 15) is 13.6 Å². The number of esters is 1. The molecular formula is C9H21F2NO4S. The molecule has 0 heterocycles. The monoisotopic (exact) mass is 277 g/mol. The molecule has 0 aliphatic carbocycles. The number of aliphatic hydroxyl groups excluding tert-OH is 1. The van der Waals surface area contributed by atoms with Crippen LogP contribution < -0.4 is 4.72 Å². The van der Waals surface area contributed by atoms with Gasteiger partial charge in [-0.2, -0.15) is 13.5 Å². The number of hydrogen-bond acceptors (Lipinski definition) is 6. The Hall–Kier alpha value is -0.440. The minimum Gasteiger partial charge on any atom is -0.454 e. The van der Waals surface area contributed by atoms with E-state index in [1.807, 2.05) is 13.8 Å². The molecule has 0 aliphatic heterocycles. The molecule has 0 aromatic heterocycles. The molecule has 0 aliphatic rings. The van der Waals surface area contributed by atoms with Crippen LogP contribution in [0.25, 0.3) is 0 Å². The van der Waals surface area contributed by atoms with Crippen molar-refractivity contribution >= 4 is 18.2 Å². The third-order valence-electron chi connectivity index (χ3n) is 0.829. The molecule has 0 saturated carbocycles. The van der Waals surface area contributed by atoms with Crippen LogP contribution in [0.2, 0.25) is 0 Å². The second-order valence-electron chi connectivity index (χ2n) is 3.27. The zero-order chi connectivity index (χ0) is 14.7. The first kappa shape index (κ1) is 21.8. The first-order chi connectivity index (χ1) is 7.69. The summed E-state index contributed by atoms with van der Waals surface area (Å²) in [6.45, 7) is 8.40. The molecule has 0 atom stereocenters. The van der Waals surface area contributed by atoms with E-state index in [2.05, 4.69) is 4.74 Å². The van der Waals surface area contributed by atoms with Crippen molar-refractivity contribution in [2.45, 2.75) is 46.3 Å². The summed E-state index contributed by atoms with van der Waals surface area (Å²) in [5.41, 5.74) is -0.984. The number of nitrogens with one attached hydrogen (secondary N) is 1. The molecule has 0 fully saturated rings. The maximum Gasteiger partial charge on any atom is 0.409 e. The highest BCUT2D eigenvalue weighted by atomic mass is 32.2. The van der Waals surface area contributed by atoms with Gasteiger partial charge in [-0.25, -0.2) is 4.79 Å². The van der Waals surface area contributed by atoms with E-state index in [1.54, 1.807) is 0 Å². The highest BCUT2D eigenvalue weighted by Crippen LogP contribution is 2.18. The van der Waals surface area contributed by atoms with E-state index in [4.69, 9.17) is 9.66 Å². The van der Waals surface area contributed by atoms with Crippen LogP contribution in [-0.2, 0) is 9.53 Å². The van der Waals surface area contributed by atoms with E-state index in [-0.39, 0.29) is 12.2 Å². The zero-order valence-corrected chi connectivity index (χ0v) is 11.7. The third kappa shape index (κ3) is 13.5. The lowest BCUT2D eigenvalue weighted by Crippen LogP contribution is -2.44. The number of aliphatic hydroxyl groups is 1. The van der Waals surface area contributed by atoms with Crippen LogP contribution in [0.15, 0.2) is 0 Å². The Balaban J connectivity index is -0.000000439. The lowest BCUT2D eigenvalue weighted by atomic mass is 10.2. The van der Waals surface area contributed by atoms with Crippen LogP contribution in [0.4, 0.5) is 8.78 Å². The lowest BCUT2D eigenvalue weighted by Gasteiger charge is -2.22. The van der Waals surface area contributed by atoms with E-state index in [0.29, 0.717) is 0 Å². The molecule has 0 radical (unpaired) electrons. The molecule has 0 spiro atoms. The average molecular weight is 277 g/mol. The molecular weight excluding hydrogens is 256 g/mol. The summed E-state index contributed by atoms with van der Waals surface area (Å²) in [5, 5.41) is 7.00. The fraction of sp³-hybridized carbons (Fsp3) is 0.889. The Morgan fingerprint density at radius 3 is 1.82 bits per heavy atom. The minimum absolute atomic E-state index is 0.338. The highest BCUT2D eigenvalue weighted by molar-refractivity contribution is 7.91. The molecule has 0 rings (SSSR count). The van der Waals surface area contributed by atoms with Crippen molar-refractivity contribution in [2.24, 2.45) is 0 Å². The highest BCUT2D eigenvalue weighted by Gasteiger charge is 2.42. The summed E-state index contributed by atoms with van der Waals surface area (Å²) in [6.07, 6.45) is 0. The minimum atomic E-state index is -3.88. The van der Waals surface area contributed by atoms with Gasteiger partial charge in [-0.3, -0.25) is 0 Å². The van der Waals surface area contributed by atoms with Gasteiger partial charge in [0.15, 0.2) is 0 Å². The average Bonchev–Trinajstić information content (AvgIpc) is 2.21. The van der Waals surface area contributed by atoms with Gasteiger partial charge in [0.2, 0.25) is 0 Å². The summed E-state index contributed by atoms with van der Waals surface area (Å²) >= 11 is -0.338. The van der Waals surface area contributed by atoms with E-state index in [1.165, 1.54) is 25.5 Å². The number of carbonyl (C=O) groups is 1. The lowest BCUT2D eigenvalue weighted by molar-refractivity contribution is -0.185. The van der Waals surface area contributed by atoms with Gasteiger partial charge in [-0.1, -0.05) is 13.8 Å². The summed E-state index contributed by atoms with van der Waals surface area (Å²) in [7, 11) is 1.00. The van der Waals surface area contributed by atoms with Crippen LogP contribution in [0, 0.1) is 0 Å². The van der Waals surface area contributed by atoms with Crippen molar-refractivity contribution in [1.29, 1.82) is 0 Å². The number of halogens is 2. The zero-order valence-electron chi connectivity index (χ0n) is 10.9. The van der Waals surface area contributed by atoms with Gasteiger partial charge in [0.05, 0.1) is 12.2 Å². The summed E-state index contributed by atoms with van der Waals surface area (Å²) in [6, 6.07) is -3.88. The number of alkyl halides is 2. The third-order valence-corrected chi connectivity index (χ3v) is 1.18. The van der Waals surface area contributed by atoms with Gasteiger partial charge in [0.1, 0.15) is 5.60 Å². The summed E-state index contributed by atoms with van der Waals surface area (Å²) < 4.78 is 38.8. The molecule has 0 bridgehead atoms. The molecule has 17 heavy (non-hydrogen) atoms. The molecule has 5 nitrogen and oxygen atoms in total. The Morgan fingerprint density at radius 1 is 1.24 bits per heavy atom. The summed E-state index contributed by atoms with van der Waals surface area (Å²) in [5.74, 6) is -1.72. The van der Waals surface area contributed by atoms with Gasteiger partial charge < -0.3 is 14.4 Å². The second-order valence-corrected chi connectivity index (χ2v) is 3.66. The van der Waals surface area contributed by atoms with Crippen molar-refractivity contribution < 1.29 is 28.0 Å². The topological polar surface area (TPSA) is 78.8 Å². The van der Waals surface area contributed by atoms with Gasteiger partial charge in [0.25, 0.3) is 0 Å². The molecule has 8 heteroatoms. The Labute approximate surface area is 105 Å². The fourth-order valence-corrected chi connectivity index (χ4v) is 0.639. The first-order valence-electron chi connectivity index (χ1n) is 4.82. The molecule has 0 saturated heterocycles. The van der Waals surface area contributed by atoms with Gasteiger partial charge in [-0.05, 0) is 20.8 Å². The SMILES string of the molecule is CC.CC(C)(C)OC(=O)C(F)(F)NSO.CO. The van der Waals surface area contributed by atoms with Crippen molar-refractivity contribution in [3.63, 3.8) is 0 Å². The molecule has 0 aromatic carbocycles. The number of carbonyl (C=O) groups excluding carboxylic acids is 1. The van der Waals surface area contributed by atoms with E-state index >= 15 is 0 Å². The maximum absolute atomic E-state index is 12.6. The molecule has 3 N–H and O–H groups in total. The first-order valence-corrected chi connectivity index (χ1v) is 5.60. The van der Waals surface area contributed by atoms with Gasteiger partial charge in [-0.15, -0.1) is 0 Å². The smallest absolute Gasteiger partial charge is 0.409 e. The Kier molecular flexibility index (Phi) is 13.7. The van der Waals surface area contributed by atoms with Crippen LogP contribution in [0.3, 0.4) is 0 Å². The predicted molar refractivity (Wildman–Crippen MR) is 63.6 cm³/mol. The van der Waals surface area contributed by atoms with Crippen molar-refractivity contribution in [3.8, 4) is 0 Å². The van der Waals surface area contributed by atoms with E-state index < -0.39 is 17.6 Å². The maximum atomic E-state index is 12.6. The molecule has 0 unspecified atom stereocenters. The van der Waals surface area contributed by atoms with Crippen molar-refractivity contribution in [1.82, 2.24) is 4.72 Å². The normalized spacial score (nSPS) is 10.5. The molecule has 0 aromatic rings. The number of hydrogen-bond donors (Lipinski definition) is 3. The van der Waals surface area contributed by atoms with Crippen LogP contribution in [-0.4, -0.2) is 34.4 Å². The van der Waals surface area contributed by atoms with Crippen LogP contribution >= 0.6 is 12.2 Å². The number of ether oxygens (including phenoxy) is 1. The van der Waals surface area contributed by atoms with Crippen molar-refractivity contribution in [2.75, 3.05) is 7.11 Å². The van der Waals surface area contributed by atoms with Gasteiger partial charge >= 0.3 is 12.0 Å². The Morgan fingerprint density at radius 2 is 1.59 bits per heavy atom. The van der Waals surface area contributed by atoms with Crippen molar-refractivity contribution in [3.05, 3.63) is 0 Å². The van der Waals surface area contributed by atoms with Gasteiger partial charge in [0, 0.05) is 7.11 Å². The Bertz CT molecular complexity index is 198. The second kappa shape index (κ2) is 10.7. The quantitative estimate of drug-likeness (QED) is 0.318. The fourth-order valence-electron chi connectivity index (χ4n) is 0.441. The van der Waals surface area contributed by atoms with E-state index in [0.717, 1.165) is 7.11 Å². The largest absolute Gasteiger partial charge is 0.454 e. The molecule has 0 amide bonds. The van der Waals surface area contributed by atoms with Crippen LogP contribution in [0.1, 0.15) is 34.6 Å². The predicted octanol–water partition coefficient (Wildman–Crippen LogP) is 2.27. The number of rotatable bonds is 3.